The molecular weight excluding hydrogens is 258 g/mol. The summed E-state index contributed by atoms with van der Waals surface area (Å²) in [4.78, 5) is 24.7. The third-order valence-corrected chi connectivity index (χ3v) is 3.78. The van der Waals surface area contributed by atoms with E-state index in [0.29, 0.717) is 24.7 Å². The van der Waals surface area contributed by atoms with Crippen molar-refractivity contribution in [3.63, 3.8) is 0 Å². The van der Waals surface area contributed by atoms with Gasteiger partial charge in [0, 0.05) is 36.8 Å². The largest absolute Gasteiger partial charge is 0.337 e. The minimum Gasteiger partial charge on any atom is -0.337 e. The van der Waals surface area contributed by atoms with Gasteiger partial charge in [0.05, 0.1) is 4.92 Å². The molecule has 2 rings (SSSR count). The Kier molecular flexibility index (Phi) is 4.34. The zero-order valence-corrected chi connectivity index (χ0v) is 11.8. The molecule has 0 radical (unpaired) electrons. The summed E-state index contributed by atoms with van der Waals surface area (Å²) in [7, 11) is 1.89. The maximum atomic E-state index is 12.5. The number of likely N-dealkylation sites (tertiary alicyclic amines) is 1. The molecule has 108 valence electrons. The first kappa shape index (κ1) is 14.5. The highest BCUT2D eigenvalue weighted by molar-refractivity contribution is 5.96. The quantitative estimate of drug-likeness (QED) is 0.674. The van der Waals surface area contributed by atoms with E-state index in [1.165, 1.54) is 12.1 Å². The van der Waals surface area contributed by atoms with Gasteiger partial charge in [-0.15, -0.1) is 0 Å². The van der Waals surface area contributed by atoms with E-state index in [9.17, 15) is 14.9 Å². The summed E-state index contributed by atoms with van der Waals surface area (Å²) in [5.41, 5.74) is 1.16. The molecule has 1 unspecified atom stereocenters. The van der Waals surface area contributed by atoms with Gasteiger partial charge < -0.3 is 10.2 Å². The Morgan fingerprint density at radius 2 is 2.25 bits per heavy atom. The second-order valence-electron chi connectivity index (χ2n) is 5.14. The summed E-state index contributed by atoms with van der Waals surface area (Å²) >= 11 is 0. The predicted octanol–water partition coefficient (Wildman–Crippen LogP) is 1.73. The van der Waals surface area contributed by atoms with Crippen LogP contribution >= 0.6 is 0 Å². The van der Waals surface area contributed by atoms with Gasteiger partial charge in [-0.2, -0.15) is 0 Å². The number of non-ortho nitro benzene ring substituents is 1. The number of nitrogens with one attached hydrogen (secondary N) is 1. The summed E-state index contributed by atoms with van der Waals surface area (Å²) in [5.74, 6) is -0.119. The van der Waals surface area contributed by atoms with E-state index in [4.69, 9.17) is 0 Å². The standard InChI is InChI=1S/C14H19N3O3/c1-10-5-6-12(17(19)20)8-13(10)14(18)16-7-3-4-11(9-16)15-2/h5-6,8,11,15H,3-4,7,9H2,1-2H3. The minimum atomic E-state index is -0.469. The molecule has 1 N–H and O–H groups in total. The molecule has 1 fully saturated rings. The van der Waals surface area contributed by atoms with Crippen LogP contribution in [0.15, 0.2) is 18.2 Å². The molecule has 0 aromatic heterocycles. The van der Waals surface area contributed by atoms with E-state index in [1.54, 1.807) is 17.9 Å². The lowest BCUT2D eigenvalue weighted by atomic mass is 10.0. The van der Waals surface area contributed by atoms with Gasteiger partial charge in [-0.1, -0.05) is 6.07 Å². The molecule has 0 bridgehead atoms. The Balaban J connectivity index is 2.24. The third-order valence-electron chi connectivity index (χ3n) is 3.78. The Hall–Kier alpha value is -1.95. The smallest absolute Gasteiger partial charge is 0.270 e. The molecule has 0 spiro atoms. The van der Waals surface area contributed by atoms with Crippen LogP contribution in [0.25, 0.3) is 0 Å². The van der Waals surface area contributed by atoms with Crippen LogP contribution in [0.5, 0.6) is 0 Å². The lowest BCUT2D eigenvalue weighted by Gasteiger charge is -2.32. The summed E-state index contributed by atoms with van der Waals surface area (Å²) < 4.78 is 0. The maximum Gasteiger partial charge on any atom is 0.270 e. The van der Waals surface area contributed by atoms with Gasteiger partial charge in [0.2, 0.25) is 0 Å². The van der Waals surface area contributed by atoms with E-state index in [-0.39, 0.29) is 11.6 Å². The van der Waals surface area contributed by atoms with Crippen molar-refractivity contribution in [2.24, 2.45) is 0 Å². The van der Waals surface area contributed by atoms with Gasteiger partial charge in [-0.3, -0.25) is 14.9 Å². The van der Waals surface area contributed by atoms with Gasteiger partial charge in [0.25, 0.3) is 11.6 Å². The number of carbonyl (C=O) groups excluding carboxylic acids is 1. The van der Waals surface area contributed by atoms with Crippen molar-refractivity contribution < 1.29 is 9.72 Å². The summed E-state index contributed by atoms with van der Waals surface area (Å²) in [6.45, 7) is 3.16. The first-order valence-electron chi connectivity index (χ1n) is 6.74. The Morgan fingerprint density at radius 3 is 2.90 bits per heavy atom. The van der Waals surface area contributed by atoms with Crippen LogP contribution < -0.4 is 5.32 Å². The molecule has 6 heteroatoms. The van der Waals surface area contributed by atoms with E-state index >= 15 is 0 Å². The monoisotopic (exact) mass is 277 g/mol. The van der Waals surface area contributed by atoms with Crippen molar-refractivity contribution in [1.82, 2.24) is 10.2 Å². The normalized spacial score (nSPS) is 18.9. The lowest BCUT2D eigenvalue weighted by Crippen LogP contribution is -2.47. The minimum absolute atomic E-state index is 0.0406. The second-order valence-corrected chi connectivity index (χ2v) is 5.14. The summed E-state index contributed by atoms with van der Waals surface area (Å²) in [6, 6.07) is 4.73. The number of rotatable bonds is 3. The molecule has 0 saturated carbocycles. The second kappa shape index (κ2) is 6.00. The van der Waals surface area contributed by atoms with Gasteiger partial charge >= 0.3 is 0 Å². The Labute approximate surface area is 117 Å². The van der Waals surface area contributed by atoms with Crippen LogP contribution in [0.1, 0.15) is 28.8 Å². The maximum absolute atomic E-state index is 12.5. The van der Waals surface area contributed by atoms with Gasteiger partial charge in [-0.05, 0) is 32.4 Å². The predicted molar refractivity (Wildman–Crippen MR) is 75.8 cm³/mol. The van der Waals surface area contributed by atoms with Crippen LogP contribution in [-0.4, -0.2) is 41.9 Å². The van der Waals surface area contributed by atoms with Crippen molar-refractivity contribution in [2.45, 2.75) is 25.8 Å². The fourth-order valence-corrected chi connectivity index (χ4v) is 2.52. The van der Waals surface area contributed by atoms with Crippen molar-refractivity contribution in [1.29, 1.82) is 0 Å². The van der Waals surface area contributed by atoms with E-state index in [2.05, 4.69) is 5.32 Å². The number of benzene rings is 1. The van der Waals surface area contributed by atoms with E-state index in [0.717, 1.165) is 18.4 Å². The highest BCUT2D eigenvalue weighted by atomic mass is 16.6. The molecule has 1 saturated heterocycles. The molecule has 1 aromatic carbocycles. The average molecular weight is 277 g/mol. The van der Waals surface area contributed by atoms with Crippen LogP contribution in [0.2, 0.25) is 0 Å². The van der Waals surface area contributed by atoms with Crippen molar-refractivity contribution >= 4 is 11.6 Å². The SMILES string of the molecule is CNC1CCCN(C(=O)c2cc([N+](=O)[O-])ccc2C)C1. The fraction of sp³-hybridized carbons (Fsp3) is 0.500. The van der Waals surface area contributed by atoms with Crippen molar-refractivity contribution in [3.8, 4) is 0 Å². The number of nitrogens with zero attached hydrogens (tertiary/aromatic N) is 2. The number of nitro benzene ring substituents is 1. The van der Waals surface area contributed by atoms with E-state index in [1.807, 2.05) is 7.05 Å². The molecule has 0 aliphatic carbocycles. The number of hydrogen-bond acceptors (Lipinski definition) is 4. The molecule has 1 atom stereocenters. The number of nitro groups is 1. The number of aryl methyl sites for hydroxylation is 1. The molecule has 1 heterocycles. The highest BCUT2D eigenvalue weighted by Crippen LogP contribution is 2.21. The highest BCUT2D eigenvalue weighted by Gasteiger charge is 2.25. The van der Waals surface area contributed by atoms with Crippen molar-refractivity contribution in [3.05, 3.63) is 39.4 Å². The summed E-state index contributed by atoms with van der Waals surface area (Å²) in [5, 5.41) is 14.0. The van der Waals surface area contributed by atoms with Gasteiger partial charge in [0.1, 0.15) is 0 Å². The molecule has 1 aliphatic rings. The topological polar surface area (TPSA) is 75.5 Å². The first-order chi connectivity index (χ1) is 9.52. The number of hydrogen-bond donors (Lipinski definition) is 1. The number of likely N-dealkylation sites (N-methyl/N-ethyl adjacent to an activating group) is 1. The fourth-order valence-electron chi connectivity index (χ4n) is 2.52. The van der Waals surface area contributed by atoms with Gasteiger partial charge in [-0.25, -0.2) is 0 Å². The van der Waals surface area contributed by atoms with Crippen molar-refractivity contribution in [2.75, 3.05) is 20.1 Å². The molecule has 6 nitrogen and oxygen atoms in total. The Bertz CT molecular complexity index is 530. The Morgan fingerprint density at radius 1 is 1.50 bits per heavy atom. The number of amides is 1. The molecule has 1 amide bonds. The first-order valence-corrected chi connectivity index (χ1v) is 6.74. The van der Waals surface area contributed by atoms with Crippen LogP contribution in [0.3, 0.4) is 0 Å². The molecule has 20 heavy (non-hydrogen) atoms. The third kappa shape index (κ3) is 2.96. The molecule has 1 aliphatic heterocycles. The number of piperidine rings is 1. The lowest BCUT2D eigenvalue weighted by molar-refractivity contribution is -0.384. The zero-order valence-electron chi connectivity index (χ0n) is 11.8. The molecular formula is C14H19N3O3. The van der Waals surface area contributed by atoms with Crippen LogP contribution in [-0.2, 0) is 0 Å². The summed E-state index contributed by atoms with van der Waals surface area (Å²) in [6.07, 6.45) is 2.00. The number of carbonyl (C=O) groups is 1. The van der Waals surface area contributed by atoms with Crippen LogP contribution in [0, 0.1) is 17.0 Å². The van der Waals surface area contributed by atoms with Crippen LogP contribution in [0.4, 0.5) is 5.69 Å². The van der Waals surface area contributed by atoms with E-state index < -0.39 is 4.92 Å². The zero-order chi connectivity index (χ0) is 14.7. The average Bonchev–Trinajstić information content (AvgIpc) is 2.46. The van der Waals surface area contributed by atoms with Gasteiger partial charge in [0.15, 0.2) is 0 Å². The molecule has 1 aromatic rings.